The molecule has 0 aliphatic heterocycles. The summed E-state index contributed by atoms with van der Waals surface area (Å²) in [6.07, 6.45) is 15.4. The minimum absolute atomic E-state index is 0.284. The van der Waals surface area contributed by atoms with Crippen LogP contribution in [-0.2, 0) is 4.79 Å². The topological polar surface area (TPSA) is 26.3 Å². The third kappa shape index (κ3) is 7.00. The summed E-state index contributed by atoms with van der Waals surface area (Å²) < 4.78 is 5.12. The molecule has 2 aromatic rings. The Labute approximate surface area is 183 Å². The second-order valence-electron chi connectivity index (χ2n) is 9.01. The van der Waals surface area contributed by atoms with Crippen molar-refractivity contribution in [3.8, 4) is 16.9 Å². The molecule has 0 atom stereocenters. The zero-order chi connectivity index (χ0) is 21.2. The summed E-state index contributed by atoms with van der Waals surface area (Å²) in [4.78, 5) is 11.1. The van der Waals surface area contributed by atoms with Gasteiger partial charge in [0.05, 0.1) is 0 Å². The highest BCUT2D eigenvalue weighted by Gasteiger charge is 2.22. The van der Waals surface area contributed by atoms with Gasteiger partial charge < -0.3 is 4.74 Å². The van der Waals surface area contributed by atoms with E-state index < -0.39 is 0 Å². The molecule has 30 heavy (non-hydrogen) atoms. The molecule has 3 rings (SSSR count). The molecule has 1 aliphatic rings. The molecular weight excluding hydrogens is 368 g/mol. The van der Waals surface area contributed by atoms with Gasteiger partial charge in [0.15, 0.2) is 0 Å². The van der Waals surface area contributed by atoms with Crippen molar-refractivity contribution >= 4 is 5.97 Å². The van der Waals surface area contributed by atoms with Crippen LogP contribution in [-0.4, -0.2) is 5.97 Å². The lowest BCUT2D eigenvalue weighted by atomic mass is 9.77. The molecule has 0 saturated heterocycles. The maximum Gasteiger partial charge on any atom is 0.308 e. The predicted octanol–water partition coefficient (Wildman–Crippen LogP) is 8.30. The average molecular weight is 407 g/mol. The Bertz CT molecular complexity index is 752. The molecule has 0 N–H and O–H groups in total. The van der Waals surface area contributed by atoms with E-state index in [-0.39, 0.29) is 5.97 Å². The number of hydrogen-bond acceptors (Lipinski definition) is 2. The van der Waals surface area contributed by atoms with Gasteiger partial charge in [-0.05, 0) is 66.3 Å². The zero-order valence-corrected chi connectivity index (χ0v) is 18.9. The molecule has 1 fully saturated rings. The summed E-state index contributed by atoms with van der Waals surface area (Å²) in [5.41, 5.74) is 3.86. The molecule has 0 radical (unpaired) electrons. The van der Waals surface area contributed by atoms with Gasteiger partial charge in [0.1, 0.15) is 5.75 Å². The fourth-order valence-corrected chi connectivity index (χ4v) is 4.83. The fraction of sp³-hybridized carbons (Fsp3) is 0.536. The Balaban J connectivity index is 1.44. The zero-order valence-electron chi connectivity index (χ0n) is 18.9. The van der Waals surface area contributed by atoms with Gasteiger partial charge in [-0.25, -0.2) is 0 Å². The van der Waals surface area contributed by atoms with E-state index in [1.54, 1.807) is 0 Å². The maximum absolute atomic E-state index is 11.1. The number of ether oxygens (including phenoxy) is 1. The van der Waals surface area contributed by atoms with Crippen LogP contribution < -0.4 is 4.74 Å². The lowest BCUT2D eigenvalue weighted by Crippen LogP contribution is -2.13. The smallest absolute Gasteiger partial charge is 0.308 e. The SMILES string of the molecule is CCCCCCCCC1CCC(c2ccc(-c3ccc(OC(C)=O)cc3)cc2)CC1. The van der Waals surface area contributed by atoms with Crippen molar-refractivity contribution in [2.75, 3.05) is 0 Å². The van der Waals surface area contributed by atoms with E-state index in [9.17, 15) is 4.79 Å². The van der Waals surface area contributed by atoms with Crippen molar-refractivity contribution in [2.45, 2.75) is 90.4 Å². The monoisotopic (exact) mass is 406 g/mol. The van der Waals surface area contributed by atoms with Gasteiger partial charge in [-0.3, -0.25) is 4.79 Å². The Kier molecular flexibility index (Phi) is 8.99. The first-order valence-corrected chi connectivity index (χ1v) is 12.0. The van der Waals surface area contributed by atoms with Crippen LogP contribution >= 0.6 is 0 Å². The number of esters is 1. The Morgan fingerprint density at radius 1 is 0.800 bits per heavy atom. The molecule has 0 heterocycles. The first-order valence-electron chi connectivity index (χ1n) is 12.0. The molecule has 0 bridgehead atoms. The Morgan fingerprint density at radius 3 is 1.97 bits per heavy atom. The summed E-state index contributed by atoms with van der Waals surface area (Å²) in [7, 11) is 0. The second kappa shape index (κ2) is 11.9. The molecule has 2 heteroatoms. The van der Waals surface area contributed by atoms with Crippen LogP contribution in [0.1, 0.15) is 96.0 Å². The number of hydrogen-bond donors (Lipinski definition) is 0. The summed E-state index contributed by atoms with van der Waals surface area (Å²) in [5.74, 6) is 2.00. The molecule has 2 aromatic carbocycles. The van der Waals surface area contributed by atoms with Gasteiger partial charge >= 0.3 is 5.97 Å². The van der Waals surface area contributed by atoms with Crippen LogP contribution in [0.2, 0.25) is 0 Å². The number of benzene rings is 2. The average Bonchev–Trinajstić information content (AvgIpc) is 2.77. The summed E-state index contributed by atoms with van der Waals surface area (Å²) in [5, 5.41) is 0. The van der Waals surface area contributed by atoms with E-state index in [1.807, 2.05) is 24.3 Å². The number of carbonyl (C=O) groups is 1. The van der Waals surface area contributed by atoms with Crippen LogP contribution in [0.15, 0.2) is 48.5 Å². The van der Waals surface area contributed by atoms with E-state index in [0.717, 1.165) is 17.4 Å². The van der Waals surface area contributed by atoms with Gasteiger partial charge in [-0.15, -0.1) is 0 Å². The molecule has 0 unspecified atom stereocenters. The quantitative estimate of drug-likeness (QED) is 0.225. The number of rotatable bonds is 10. The standard InChI is InChI=1S/C28H38O2/c1-3-4-5-6-7-8-9-23-10-12-24(13-11-23)25-14-16-26(17-15-25)27-18-20-28(21-19-27)30-22(2)29/h14-21,23-24H,3-13H2,1-2H3. The maximum atomic E-state index is 11.1. The number of carbonyl (C=O) groups excluding carboxylic acids is 1. The molecule has 162 valence electrons. The van der Waals surface area contributed by atoms with Gasteiger partial charge in [-0.2, -0.15) is 0 Å². The number of unbranched alkanes of at least 4 members (excludes halogenated alkanes) is 5. The van der Waals surface area contributed by atoms with Crippen LogP contribution in [0.3, 0.4) is 0 Å². The van der Waals surface area contributed by atoms with E-state index in [4.69, 9.17) is 4.74 Å². The molecular formula is C28H38O2. The van der Waals surface area contributed by atoms with E-state index >= 15 is 0 Å². The first-order chi connectivity index (χ1) is 14.7. The van der Waals surface area contributed by atoms with Crippen LogP contribution in [0.5, 0.6) is 5.75 Å². The lowest BCUT2D eigenvalue weighted by molar-refractivity contribution is -0.131. The molecule has 1 saturated carbocycles. The van der Waals surface area contributed by atoms with Crippen LogP contribution in [0.4, 0.5) is 0 Å². The van der Waals surface area contributed by atoms with Crippen molar-refractivity contribution in [3.63, 3.8) is 0 Å². The van der Waals surface area contributed by atoms with Gasteiger partial charge in [0.25, 0.3) is 0 Å². The highest BCUT2D eigenvalue weighted by Crippen LogP contribution is 2.38. The Hall–Kier alpha value is -2.09. The highest BCUT2D eigenvalue weighted by atomic mass is 16.5. The van der Waals surface area contributed by atoms with E-state index in [2.05, 4.69) is 31.2 Å². The third-order valence-corrected chi connectivity index (χ3v) is 6.64. The summed E-state index contributed by atoms with van der Waals surface area (Å²) >= 11 is 0. The van der Waals surface area contributed by atoms with Crippen molar-refractivity contribution in [1.82, 2.24) is 0 Å². The van der Waals surface area contributed by atoms with E-state index in [0.29, 0.717) is 5.75 Å². The second-order valence-corrected chi connectivity index (χ2v) is 9.01. The van der Waals surface area contributed by atoms with Gasteiger partial charge in [0.2, 0.25) is 0 Å². The minimum Gasteiger partial charge on any atom is -0.427 e. The molecule has 0 amide bonds. The van der Waals surface area contributed by atoms with Crippen molar-refractivity contribution in [1.29, 1.82) is 0 Å². The molecule has 2 nitrogen and oxygen atoms in total. The van der Waals surface area contributed by atoms with Crippen LogP contribution in [0.25, 0.3) is 11.1 Å². The highest BCUT2D eigenvalue weighted by molar-refractivity contribution is 5.70. The molecule has 0 spiro atoms. The molecule has 1 aliphatic carbocycles. The minimum atomic E-state index is -0.284. The van der Waals surface area contributed by atoms with Crippen molar-refractivity contribution < 1.29 is 9.53 Å². The van der Waals surface area contributed by atoms with Gasteiger partial charge in [-0.1, -0.05) is 88.3 Å². The normalized spacial score (nSPS) is 18.9. The van der Waals surface area contributed by atoms with Gasteiger partial charge in [0, 0.05) is 6.92 Å². The largest absolute Gasteiger partial charge is 0.427 e. The fourth-order valence-electron chi connectivity index (χ4n) is 4.83. The van der Waals surface area contributed by atoms with Crippen LogP contribution in [0, 0.1) is 5.92 Å². The van der Waals surface area contributed by atoms with E-state index in [1.165, 1.54) is 88.7 Å². The van der Waals surface area contributed by atoms with Crippen molar-refractivity contribution in [3.05, 3.63) is 54.1 Å². The first kappa shape index (κ1) is 22.6. The summed E-state index contributed by atoms with van der Waals surface area (Å²) in [6, 6.07) is 16.8. The summed E-state index contributed by atoms with van der Waals surface area (Å²) in [6.45, 7) is 3.71. The molecule has 0 aromatic heterocycles. The lowest BCUT2D eigenvalue weighted by Gasteiger charge is -2.29. The van der Waals surface area contributed by atoms with Crippen molar-refractivity contribution in [2.24, 2.45) is 5.92 Å². The third-order valence-electron chi connectivity index (χ3n) is 6.64. The predicted molar refractivity (Wildman–Crippen MR) is 126 cm³/mol. The Morgan fingerprint density at radius 2 is 1.37 bits per heavy atom.